The van der Waals surface area contributed by atoms with Crippen molar-refractivity contribution in [3.8, 4) is 5.75 Å². The van der Waals surface area contributed by atoms with E-state index in [9.17, 15) is 18.0 Å². The number of nitrogens with two attached hydrogens (primary N) is 2. The molecule has 3 atom stereocenters. The smallest absolute Gasteiger partial charge is 0.362 e. The van der Waals surface area contributed by atoms with Gasteiger partial charge in [0.05, 0.1) is 6.04 Å². The maximum atomic E-state index is 12.8. The van der Waals surface area contributed by atoms with Gasteiger partial charge in [-0.1, -0.05) is 5.16 Å². The largest absolute Gasteiger partial charge is 0.490 e. The van der Waals surface area contributed by atoms with Gasteiger partial charge in [-0.15, -0.1) is 11.3 Å². The topological polar surface area (TPSA) is 223 Å². The second-order valence-corrected chi connectivity index (χ2v) is 9.66. The van der Waals surface area contributed by atoms with Gasteiger partial charge in [-0.3, -0.25) is 19.6 Å². The number of oxime groups is 1. The number of β-lactam (4-membered cyclic amide) rings is 1. The Morgan fingerprint density at radius 2 is 2.06 bits per heavy atom. The van der Waals surface area contributed by atoms with E-state index in [0.717, 1.165) is 11.3 Å². The van der Waals surface area contributed by atoms with Crippen LogP contribution in [-0.4, -0.2) is 70.4 Å². The molecule has 0 radical (unpaired) electrons. The lowest BCUT2D eigenvalue weighted by atomic mass is 10.0. The highest BCUT2D eigenvalue weighted by Crippen LogP contribution is 2.23. The highest BCUT2D eigenvalue weighted by atomic mass is 32.2. The molecule has 0 aliphatic carbocycles. The third-order valence-electron chi connectivity index (χ3n) is 4.82. The van der Waals surface area contributed by atoms with Crippen molar-refractivity contribution >= 4 is 50.1 Å². The van der Waals surface area contributed by atoms with Gasteiger partial charge in [0.15, 0.2) is 16.9 Å². The molecule has 14 nitrogen and oxygen atoms in total. The van der Waals surface area contributed by atoms with E-state index in [4.69, 9.17) is 31.0 Å². The molecular weight excluding hydrogens is 502 g/mol. The van der Waals surface area contributed by atoms with Crippen LogP contribution in [0.5, 0.6) is 5.75 Å². The van der Waals surface area contributed by atoms with Gasteiger partial charge in [-0.25, -0.2) is 9.29 Å². The number of ether oxygens (including phenoxy) is 1. The molecule has 0 spiro atoms. The Morgan fingerprint density at radius 1 is 1.40 bits per heavy atom. The number of nitrogen functional groups attached to an aromatic ring is 2. The van der Waals surface area contributed by atoms with Crippen LogP contribution in [0.25, 0.3) is 0 Å². The molecule has 1 saturated heterocycles. The number of amidine groups is 1. The van der Waals surface area contributed by atoms with E-state index in [1.54, 1.807) is 31.2 Å². The third kappa shape index (κ3) is 6.03. The number of carbonyl (C=O) groups excluding carboxylic acids is 2. The fraction of sp³-hybridized carbons (Fsp3) is 0.316. The Morgan fingerprint density at radius 3 is 2.57 bits per heavy atom. The number of nitrogens with one attached hydrogen (secondary N) is 2. The SMILES string of the molecule is CC(COc1ccc(C(=N)N)cc1)O/N=C(\C(=O)N[C@@H]1C(=O)N(S(=O)(=O)O)[C@H]1C)c1csc(N)n1. The van der Waals surface area contributed by atoms with Crippen LogP contribution in [-0.2, 0) is 24.7 Å². The molecule has 0 saturated carbocycles. The maximum absolute atomic E-state index is 12.8. The molecule has 2 heterocycles. The molecule has 2 aromatic rings. The van der Waals surface area contributed by atoms with Crippen LogP contribution in [0.2, 0.25) is 0 Å². The lowest BCUT2D eigenvalue weighted by Gasteiger charge is -2.42. The van der Waals surface area contributed by atoms with Gasteiger partial charge in [0.2, 0.25) is 0 Å². The standard InChI is InChI=1S/C19H23N7O7S2/c1-9(7-32-12-5-3-11(4-6-12)16(20)21)33-25-15(13-8-34-19(22)23-13)17(27)24-14-10(2)26(18(14)28)35(29,30)31/h3-6,8-10,14H,7H2,1-2H3,(H3,20,21)(H2,22,23)(H,24,27)(H,29,30,31)/b25-15-/t9?,10-,14-/m0/s1. The Bertz CT molecular complexity index is 1260. The summed E-state index contributed by atoms with van der Waals surface area (Å²) in [6, 6.07) is 4.31. The molecule has 0 bridgehead atoms. The van der Waals surface area contributed by atoms with E-state index in [1.165, 1.54) is 12.3 Å². The molecule has 188 valence electrons. The minimum absolute atomic E-state index is 0.0541. The van der Waals surface area contributed by atoms with Gasteiger partial charge in [-0.05, 0) is 38.1 Å². The number of aromatic nitrogens is 1. The predicted molar refractivity (Wildman–Crippen MR) is 126 cm³/mol. The molecule has 3 rings (SSSR count). The zero-order chi connectivity index (χ0) is 25.9. The number of benzene rings is 1. The van der Waals surface area contributed by atoms with Crippen molar-refractivity contribution in [3.63, 3.8) is 0 Å². The molecule has 16 heteroatoms. The van der Waals surface area contributed by atoms with Crippen LogP contribution < -0.4 is 21.5 Å². The minimum atomic E-state index is -4.74. The number of carbonyl (C=O) groups is 2. The fourth-order valence-electron chi connectivity index (χ4n) is 3.03. The first kappa shape index (κ1) is 25.9. The lowest BCUT2D eigenvalue weighted by molar-refractivity contribution is -0.143. The molecule has 1 aliphatic rings. The van der Waals surface area contributed by atoms with Crippen LogP contribution in [0.1, 0.15) is 25.1 Å². The molecule has 35 heavy (non-hydrogen) atoms. The molecule has 2 amide bonds. The molecular formula is C19H23N7O7S2. The van der Waals surface area contributed by atoms with Gasteiger partial charge in [0, 0.05) is 10.9 Å². The Hall–Kier alpha value is -3.76. The van der Waals surface area contributed by atoms with E-state index in [-0.39, 0.29) is 33.3 Å². The predicted octanol–water partition coefficient (Wildman–Crippen LogP) is -0.284. The van der Waals surface area contributed by atoms with Crippen molar-refractivity contribution in [3.05, 3.63) is 40.9 Å². The van der Waals surface area contributed by atoms with Gasteiger partial charge < -0.3 is 26.4 Å². The summed E-state index contributed by atoms with van der Waals surface area (Å²) in [6.07, 6.45) is -0.624. The summed E-state index contributed by atoms with van der Waals surface area (Å²) in [7, 11) is -4.74. The number of amides is 2. The molecule has 1 aromatic carbocycles. The zero-order valence-electron chi connectivity index (χ0n) is 18.5. The number of anilines is 1. The van der Waals surface area contributed by atoms with Crippen molar-refractivity contribution in [1.29, 1.82) is 5.41 Å². The molecule has 1 unspecified atom stereocenters. The van der Waals surface area contributed by atoms with Crippen LogP contribution in [0, 0.1) is 5.41 Å². The molecule has 1 fully saturated rings. The lowest BCUT2D eigenvalue weighted by Crippen LogP contribution is -2.71. The van der Waals surface area contributed by atoms with E-state index < -0.39 is 40.3 Å². The second-order valence-electron chi connectivity index (χ2n) is 7.48. The molecule has 1 aliphatic heterocycles. The Kier molecular flexibility index (Phi) is 7.57. The van der Waals surface area contributed by atoms with Gasteiger partial charge >= 0.3 is 10.3 Å². The number of nitrogens with zero attached hydrogens (tertiary/aromatic N) is 3. The second kappa shape index (κ2) is 10.2. The van der Waals surface area contributed by atoms with Crippen LogP contribution in [0.15, 0.2) is 34.8 Å². The average molecular weight is 526 g/mol. The first-order valence-corrected chi connectivity index (χ1v) is 12.3. The summed E-state index contributed by atoms with van der Waals surface area (Å²) in [5, 5.41) is 15.3. The first-order valence-electron chi connectivity index (χ1n) is 10.0. The minimum Gasteiger partial charge on any atom is -0.490 e. The summed E-state index contributed by atoms with van der Waals surface area (Å²) < 4.78 is 37.5. The monoisotopic (exact) mass is 525 g/mol. The van der Waals surface area contributed by atoms with Gasteiger partial charge in [0.25, 0.3) is 11.8 Å². The number of thiazole rings is 1. The van der Waals surface area contributed by atoms with Crippen molar-refractivity contribution in [2.24, 2.45) is 10.9 Å². The van der Waals surface area contributed by atoms with Crippen LogP contribution in [0.3, 0.4) is 0 Å². The zero-order valence-corrected chi connectivity index (χ0v) is 20.2. The van der Waals surface area contributed by atoms with Crippen LogP contribution >= 0.6 is 11.3 Å². The van der Waals surface area contributed by atoms with Crippen molar-refractivity contribution in [1.82, 2.24) is 14.6 Å². The van der Waals surface area contributed by atoms with E-state index in [2.05, 4.69) is 15.5 Å². The summed E-state index contributed by atoms with van der Waals surface area (Å²) in [6.45, 7) is 3.04. The van der Waals surface area contributed by atoms with E-state index in [0.29, 0.717) is 11.3 Å². The highest BCUT2D eigenvalue weighted by molar-refractivity contribution is 7.84. The van der Waals surface area contributed by atoms with Crippen molar-refractivity contribution in [2.45, 2.75) is 32.0 Å². The van der Waals surface area contributed by atoms with E-state index in [1.807, 2.05) is 0 Å². The van der Waals surface area contributed by atoms with Crippen molar-refractivity contribution in [2.75, 3.05) is 12.3 Å². The highest BCUT2D eigenvalue weighted by Gasteiger charge is 2.51. The Labute approximate surface area is 204 Å². The molecule has 7 N–H and O–H groups in total. The fourth-order valence-corrected chi connectivity index (χ4v) is 4.46. The average Bonchev–Trinajstić information content (AvgIpc) is 3.21. The number of rotatable bonds is 10. The normalized spacial score (nSPS) is 19.0. The summed E-state index contributed by atoms with van der Waals surface area (Å²) in [5.74, 6) is -1.42. The van der Waals surface area contributed by atoms with E-state index >= 15 is 0 Å². The first-order chi connectivity index (χ1) is 16.4. The third-order valence-corrected chi connectivity index (χ3v) is 6.51. The maximum Gasteiger partial charge on any atom is 0.362 e. The molecule has 1 aromatic heterocycles. The number of hydrogen-bond donors (Lipinski definition) is 5. The van der Waals surface area contributed by atoms with Gasteiger partial charge in [0.1, 0.15) is 29.9 Å². The summed E-state index contributed by atoms with van der Waals surface area (Å²) in [5.41, 5.74) is 11.4. The Balaban J connectivity index is 1.67. The summed E-state index contributed by atoms with van der Waals surface area (Å²) >= 11 is 1.05. The summed E-state index contributed by atoms with van der Waals surface area (Å²) in [4.78, 5) is 34.3. The van der Waals surface area contributed by atoms with Crippen molar-refractivity contribution < 1.29 is 32.1 Å². The number of hydrogen-bond acceptors (Lipinski definition) is 11. The quantitative estimate of drug-likeness (QED) is 0.0896. The van der Waals surface area contributed by atoms with Crippen LogP contribution in [0.4, 0.5) is 5.13 Å². The van der Waals surface area contributed by atoms with Gasteiger partial charge in [-0.2, -0.15) is 8.42 Å².